The second-order valence-electron chi connectivity index (χ2n) is 3.38. The van der Waals surface area contributed by atoms with E-state index in [0.29, 0.717) is 5.92 Å². The lowest BCUT2D eigenvalue weighted by molar-refractivity contribution is 0.146. The lowest BCUT2D eigenvalue weighted by Gasteiger charge is -2.23. The number of nitrogens with two attached hydrogens (primary N) is 1. The zero-order valence-corrected chi connectivity index (χ0v) is 8.83. The number of hydrogen-bond acceptors (Lipinski definition) is 3. The molecule has 0 saturated heterocycles. The van der Waals surface area contributed by atoms with E-state index in [1.165, 1.54) is 0 Å². The van der Waals surface area contributed by atoms with Crippen molar-refractivity contribution in [2.45, 2.75) is 6.92 Å². The highest BCUT2D eigenvalue weighted by Crippen LogP contribution is 1.97. The highest BCUT2D eigenvalue weighted by molar-refractivity contribution is 4.74. The van der Waals surface area contributed by atoms with E-state index in [2.05, 4.69) is 18.4 Å². The van der Waals surface area contributed by atoms with E-state index in [4.69, 9.17) is 10.5 Å². The molecule has 0 aliphatic rings. The third-order valence-corrected chi connectivity index (χ3v) is 1.97. The maximum Gasteiger partial charge on any atom is 0.0589 e. The predicted octanol–water partition coefficient (Wildman–Crippen LogP) is 0.716. The number of nitrogens with zero attached hydrogens (tertiary/aromatic N) is 1. The molecule has 0 aliphatic heterocycles. The largest absolute Gasteiger partial charge is 0.383 e. The van der Waals surface area contributed by atoms with Gasteiger partial charge in [-0.3, -0.25) is 4.90 Å². The van der Waals surface area contributed by atoms with Gasteiger partial charge < -0.3 is 10.5 Å². The maximum atomic E-state index is 5.56. The summed E-state index contributed by atoms with van der Waals surface area (Å²) in [7, 11) is 1.72. The summed E-state index contributed by atoms with van der Waals surface area (Å²) >= 11 is 0. The van der Waals surface area contributed by atoms with Gasteiger partial charge in [0.1, 0.15) is 0 Å². The van der Waals surface area contributed by atoms with E-state index in [9.17, 15) is 0 Å². The minimum Gasteiger partial charge on any atom is -0.383 e. The van der Waals surface area contributed by atoms with Crippen LogP contribution in [-0.4, -0.2) is 44.8 Å². The van der Waals surface area contributed by atoms with Crippen LogP contribution in [0.5, 0.6) is 0 Å². The van der Waals surface area contributed by atoms with E-state index in [1.807, 2.05) is 6.08 Å². The van der Waals surface area contributed by atoms with Crippen LogP contribution in [0.3, 0.4) is 0 Å². The molecule has 0 spiro atoms. The van der Waals surface area contributed by atoms with Gasteiger partial charge in [0.05, 0.1) is 6.61 Å². The van der Waals surface area contributed by atoms with Crippen LogP contribution in [0.1, 0.15) is 6.92 Å². The van der Waals surface area contributed by atoms with Gasteiger partial charge in [-0.05, 0) is 12.5 Å². The summed E-state index contributed by atoms with van der Waals surface area (Å²) < 4.78 is 5.03. The number of rotatable bonds is 8. The van der Waals surface area contributed by atoms with Gasteiger partial charge in [-0.1, -0.05) is 13.0 Å². The predicted molar refractivity (Wildman–Crippen MR) is 56.7 cm³/mol. The molecule has 0 aromatic carbocycles. The Balaban J connectivity index is 3.71. The Morgan fingerprint density at radius 3 is 2.77 bits per heavy atom. The van der Waals surface area contributed by atoms with Gasteiger partial charge in [0, 0.05) is 26.7 Å². The summed E-state index contributed by atoms with van der Waals surface area (Å²) in [6, 6.07) is 0. The minimum absolute atomic E-state index is 0.539. The normalized spacial score (nSPS) is 13.2. The minimum atomic E-state index is 0.539. The number of methoxy groups -OCH3 is 1. The summed E-state index contributed by atoms with van der Waals surface area (Å²) in [5.74, 6) is 0.539. The second kappa shape index (κ2) is 8.23. The average molecular weight is 186 g/mol. The Labute approximate surface area is 81.5 Å². The van der Waals surface area contributed by atoms with E-state index in [1.54, 1.807) is 7.11 Å². The molecule has 0 aliphatic carbocycles. The molecule has 78 valence electrons. The Morgan fingerprint density at radius 2 is 2.31 bits per heavy atom. The molecule has 0 aromatic rings. The first-order valence-electron chi connectivity index (χ1n) is 4.76. The van der Waals surface area contributed by atoms with Gasteiger partial charge in [-0.25, -0.2) is 0 Å². The third kappa shape index (κ3) is 6.75. The van der Waals surface area contributed by atoms with Crippen molar-refractivity contribution in [3.8, 4) is 0 Å². The molecule has 0 saturated carbocycles. The van der Waals surface area contributed by atoms with Crippen molar-refractivity contribution in [3.05, 3.63) is 12.7 Å². The molecule has 0 bridgehead atoms. The Hall–Kier alpha value is -0.380. The summed E-state index contributed by atoms with van der Waals surface area (Å²) in [4.78, 5) is 2.30. The molecule has 13 heavy (non-hydrogen) atoms. The monoisotopic (exact) mass is 186 g/mol. The van der Waals surface area contributed by atoms with Crippen LogP contribution >= 0.6 is 0 Å². The van der Waals surface area contributed by atoms with Crippen LogP contribution in [0.4, 0.5) is 0 Å². The summed E-state index contributed by atoms with van der Waals surface area (Å²) in [6.45, 7) is 10.3. The Kier molecular flexibility index (Phi) is 7.99. The van der Waals surface area contributed by atoms with Crippen LogP contribution in [0.2, 0.25) is 0 Å². The highest BCUT2D eigenvalue weighted by Gasteiger charge is 2.06. The van der Waals surface area contributed by atoms with E-state index in [0.717, 1.165) is 32.8 Å². The maximum absolute atomic E-state index is 5.56. The standard InChI is InChI=1S/C10H22N2O/c1-4-5-12(6-7-13-3)9-10(2)8-11/h4,10H,1,5-9,11H2,2-3H3. The number of ether oxygens (including phenoxy) is 1. The fourth-order valence-corrected chi connectivity index (χ4v) is 1.18. The lowest BCUT2D eigenvalue weighted by atomic mass is 10.1. The van der Waals surface area contributed by atoms with Crippen LogP contribution in [-0.2, 0) is 4.74 Å². The lowest BCUT2D eigenvalue weighted by Crippen LogP contribution is -2.34. The second-order valence-corrected chi connectivity index (χ2v) is 3.38. The van der Waals surface area contributed by atoms with Crippen molar-refractivity contribution in [2.24, 2.45) is 11.7 Å². The van der Waals surface area contributed by atoms with Crippen molar-refractivity contribution in [2.75, 3.05) is 39.9 Å². The van der Waals surface area contributed by atoms with Crippen LogP contribution in [0, 0.1) is 5.92 Å². The van der Waals surface area contributed by atoms with E-state index >= 15 is 0 Å². The molecular formula is C10H22N2O. The van der Waals surface area contributed by atoms with Crippen molar-refractivity contribution >= 4 is 0 Å². The summed E-state index contributed by atoms with van der Waals surface area (Å²) in [5, 5.41) is 0. The third-order valence-electron chi connectivity index (χ3n) is 1.97. The smallest absolute Gasteiger partial charge is 0.0589 e. The van der Waals surface area contributed by atoms with Crippen molar-refractivity contribution in [1.82, 2.24) is 4.90 Å². The van der Waals surface area contributed by atoms with Gasteiger partial charge in [0.25, 0.3) is 0 Å². The average Bonchev–Trinajstić information content (AvgIpc) is 2.14. The topological polar surface area (TPSA) is 38.5 Å². The Bertz CT molecular complexity index is 128. The van der Waals surface area contributed by atoms with Crippen LogP contribution < -0.4 is 5.73 Å². The molecular weight excluding hydrogens is 164 g/mol. The quantitative estimate of drug-likeness (QED) is 0.568. The highest BCUT2D eigenvalue weighted by atomic mass is 16.5. The zero-order valence-electron chi connectivity index (χ0n) is 8.83. The fourth-order valence-electron chi connectivity index (χ4n) is 1.18. The van der Waals surface area contributed by atoms with Gasteiger partial charge in [-0.15, -0.1) is 6.58 Å². The first kappa shape index (κ1) is 12.6. The fraction of sp³-hybridized carbons (Fsp3) is 0.800. The van der Waals surface area contributed by atoms with Gasteiger partial charge in [-0.2, -0.15) is 0 Å². The molecule has 0 aromatic heterocycles. The first-order valence-corrected chi connectivity index (χ1v) is 4.76. The molecule has 1 unspecified atom stereocenters. The molecule has 0 amide bonds. The van der Waals surface area contributed by atoms with Gasteiger partial charge >= 0.3 is 0 Å². The summed E-state index contributed by atoms with van der Waals surface area (Å²) in [5.41, 5.74) is 5.56. The van der Waals surface area contributed by atoms with Crippen molar-refractivity contribution in [1.29, 1.82) is 0 Å². The summed E-state index contributed by atoms with van der Waals surface area (Å²) in [6.07, 6.45) is 1.92. The number of hydrogen-bond donors (Lipinski definition) is 1. The molecule has 2 N–H and O–H groups in total. The van der Waals surface area contributed by atoms with Crippen molar-refractivity contribution < 1.29 is 4.74 Å². The van der Waals surface area contributed by atoms with Gasteiger partial charge in [0.15, 0.2) is 0 Å². The Morgan fingerprint density at radius 1 is 1.62 bits per heavy atom. The van der Waals surface area contributed by atoms with Crippen LogP contribution in [0.15, 0.2) is 12.7 Å². The molecule has 1 atom stereocenters. The SMILES string of the molecule is C=CCN(CCOC)CC(C)CN. The molecule has 3 nitrogen and oxygen atoms in total. The van der Waals surface area contributed by atoms with Gasteiger partial charge in [0.2, 0.25) is 0 Å². The van der Waals surface area contributed by atoms with Crippen LogP contribution in [0.25, 0.3) is 0 Å². The molecule has 0 rings (SSSR count). The molecule has 0 fully saturated rings. The molecule has 0 radical (unpaired) electrons. The molecule has 3 heteroatoms. The zero-order chi connectivity index (χ0) is 10.1. The first-order chi connectivity index (χ1) is 6.24. The molecule has 0 heterocycles. The van der Waals surface area contributed by atoms with Crippen molar-refractivity contribution in [3.63, 3.8) is 0 Å². The van der Waals surface area contributed by atoms with E-state index < -0.39 is 0 Å². The van der Waals surface area contributed by atoms with E-state index in [-0.39, 0.29) is 0 Å².